The lowest BCUT2D eigenvalue weighted by atomic mass is 9.97. The van der Waals surface area contributed by atoms with Crippen molar-refractivity contribution in [3.05, 3.63) is 35.4 Å². The van der Waals surface area contributed by atoms with Gasteiger partial charge in [0, 0.05) is 5.56 Å². The molecule has 0 radical (unpaired) electrons. The van der Waals surface area contributed by atoms with Crippen molar-refractivity contribution >= 4 is 17.6 Å². The Bertz CT molecular complexity index is 839. The zero-order valence-electron chi connectivity index (χ0n) is 11.4. The first-order valence-electron chi connectivity index (χ1n) is 6.11. The molecule has 6 heteroatoms. The van der Waals surface area contributed by atoms with Crippen molar-refractivity contribution in [3.63, 3.8) is 0 Å². The number of rotatable bonds is 3. The molecule has 0 aliphatic rings. The number of terminal acetylenes is 1. The average molecular weight is 306 g/mol. The van der Waals surface area contributed by atoms with E-state index >= 15 is 0 Å². The van der Waals surface area contributed by atoms with Crippen LogP contribution in [0.4, 0.5) is 5.82 Å². The molecule has 0 unspecified atom stereocenters. The molecule has 0 saturated heterocycles. The minimum Gasteiger partial charge on any atom is -0.508 e. The maximum Gasteiger partial charge on any atom is 0.143 e. The van der Waals surface area contributed by atoms with E-state index in [4.69, 9.17) is 12.2 Å². The zero-order chi connectivity index (χ0) is 16.1. The summed E-state index contributed by atoms with van der Waals surface area (Å²) >= 11 is 1.21. The van der Waals surface area contributed by atoms with Gasteiger partial charge in [0.1, 0.15) is 34.3 Å². The van der Waals surface area contributed by atoms with Crippen LogP contribution in [0.25, 0.3) is 11.1 Å². The average Bonchev–Trinajstić information content (AvgIpc) is 2.53. The largest absolute Gasteiger partial charge is 0.508 e. The van der Waals surface area contributed by atoms with E-state index in [-0.39, 0.29) is 22.7 Å². The predicted molar refractivity (Wildman–Crippen MR) is 84.7 cm³/mol. The number of hydrogen-bond donors (Lipinski definition) is 2. The van der Waals surface area contributed by atoms with Gasteiger partial charge < -0.3 is 10.8 Å². The standard InChI is InChI=1S/C16H10N4OS/c1-2-7-22-16-13(9-18)14(12(8-17)15(19)20-16)10-3-5-11(21)6-4-10/h1,3-6,21H,7H2,(H2,19,20). The van der Waals surface area contributed by atoms with Crippen LogP contribution in [0.5, 0.6) is 5.75 Å². The molecule has 0 spiro atoms. The van der Waals surface area contributed by atoms with Gasteiger partial charge in [0.25, 0.3) is 0 Å². The Morgan fingerprint density at radius 2 is 1.82 bits per heavy atom. The summed E-state index contributed by atoms with van der Waals surface area (Å²) in [7, 11) is 0. The Labute approximate surface area is 132 Å². The zero-order valence-corrected chi connectivity index (χ0v) is 12.2. The number of phenolic OH excluding ortho intramolecular Hbond substituents is 1. The van der Waals surface area contributed by atoms with Crippen LogP contribution in [-0.4, -0.2) is 15.8 Å². The fraction of sp³-hybridized carbons (Fsp3) is 0.0625. The van der Waals surface area contributed by atoms with Crippen molar-refractivity contribution in [2.75, 3.05) is 11.5 Å². The van der Waals surface area contributed by atoms with E-state index in [0.29, 0.717) is 21.9 Å². The van der Waals surface area contributed by atoms with Gasteiger partial charge in [-0.2, -0.15) is 10.5 Å². The molecule has 1 aromatic heterocycles. The minimum atomic E-state index is 0.0455. The Kier molecular flexibility index (Phi) is 4.53. The van der Waals surface area contributed by atoms with Crippen molar-refractivity contribution in [1.29, 1.82) is 10.5 Å². The highest BCUT2D eigenvalue weighted by Gasteiger charge is 2.20. The van der Waals surface area contributed by atoms with Crippen LogP contribution in [0, 0.1) is 35.0 Å². The molecule has 1 aromatic carbocycles. The molecule has 0 aliphatic heterocycles. The third-order valence-corrected chi connectivity index (χ3v) is 3.74. The van der Waals surface area contributed by atoms with Crippen LogP contribution < -0.4 is 5.73 Å². The number of benzene rings is 1. The van der Waals surface area contributed by atoms with E-state index in [0.717, 1.165) is 0 Å². The molecule has 1 heterocycles. The fourth-order valence-electron chi connectivity index (χ4n) is 1.93. The number of hydrogen-bond acceptors (Lipinski definition) is 6. The number of nitrogen functional groups attached to an aromatic ring is 1. The predicted octanol–water partition coefficient (Wildman–Crippen LogP) is 2.51. The molecule has 2 rings (SSSR count). The molecule has 0 atom stereocenters. The normalized spacial score (nSPS) is 9.50. The van der Waals surface area contributed by atoms with Gasteiger partial charge in [0.15, 0.2) is 0 Å². The minimum absolute atomic E-state index is 0.0455. The molecule has 0 amide bonds. The van der Waals surface area contributed by atoms with Crippen LogP contribution in [0.1, 0.15) is 11.1 Å². The molecule has 22 heavy (non-hydrogen) atoms. The van der Waals surface area contributed by atoms with Gasteiger partial charge in [-0.05, 0) is 17.7 Å². The molecule has 106 valence electrons. The maximum absolute atomic E-state index is 9.47. The molecular weight excluding hydrogens is 296 g/mol. The number of nitriles is 2. The number of thioether (sulfide) groups is 1. The molecule has 3 N–H and O–H groups in total. The monoisotopic (exact) mass is 306 g/mol. The van der Waals surface area contributed by atoms with Crippen LogP contribution in [-0.2, 0) is 0 Å². The number of phenols is 1. The highest BCUT2D eigenvalue weighted by molar-refractivity contribution is 7.99. The number of anilines is 1. The molecular formula is C16H10N4OS. The van der Waals surface area contributed by atoms with Gasteiger partial charge in [0.2, 0.25) is 0 Å². The number of pyridine rings is 1. The van der Waals surface area contributed by atoms with E-state index < -0.39 is 0 Å². The first kappa shape index (κ1) is 15.3. The SMILES string of the molecule is C#CCSc1nc(N)c(C#N)c(-c2ccc(O)cc2)c1C#N. The Morgan fingerprint density at radius 3 is 2.36 bits per heavy atom. The van der Waals surface area contributed by atoms with Gasteiger partial charge >= 0.3 is 0 Å². The van der Waals surface area contributed by atoms with Crippen LogP contribution >= 0.6 is 11.8 Å². The molecule has 0 fully saturated rings. The molecule has 0 saturated carbocycles. The number of nitrogens with two attached hydrogens (primary N) is 1. The van der Waals surface area contributed by atoms with E-state index in [1.165, 1.54) is 23.9 Å². The van der Waals surface area contributed by atoms with Crippen molar-refractivity contribution in [1.82, 2.24) is 4.98 Å². The summed E-state index contributed by atoms with van der Waals surface area (Å²) in [5.41, 5.74) is 7.22. The summed E-state index contributed by atoms with van der Waals surface area (Å²) in [6.45, 7) is 0. The number of nitrogens with zero attached hydrogens (tertiary/aromatic N) is 3. The first-order valence-corrected chi connectivity index (χ1v) is 7.10. The van der Waals surface area contributed by atoms with Gasteiger partial charge in [-0.25, -0.2) is 4.98 Å². The third-order valence-electron chi connectivity index (χ3n) is 2.86. The van der Waals surface area contributed by atoms with Crippen molar-refractivity contribution < 1.29 is 5.11 Å². The number of aromatic nitrogens is 1. The summed E-state index contributed by atoms with van der Waals surface area (Å²) in [5, 5.41) is 28.6. The van der Waals surface area contributed by atoms with Crippen LogP contribution in [0.15, 0.2) is 29.3 Å². The topological polar surface area (TPSA) is 107 Å². The lowest BCUT2D eigenvalue weighted by molar-refractivity contribution is 0.475. The summed E-state index contributed by atoms with van der Waals surface area (Å²) in [4.78, 5) is 4.11. The van der Waals surface area contributed by atoms with Gasteiger partial charge in [0.05, 0.1) is 11.3 Å². The summed E-state index contributed by atoms with van der Waals surface area (Å²) in [6, 6.07) is 10.2. The van der Waals surface area contributed by atoms with Crippen molar-refractivity contribution in [3.8, 4) is 41.4 Å². The lowest BCUT2D eigenvalue weighted by Crippen LogP contribution is -2.03. The quantitative estimate of drug-likeness (QED) is 0.666. The Morgan fingerprint density at radius 1 is 1.18 bits per heavy atom. The third kappa shape index (κ3) is 2.81. The second-order valence-electron chi connectivity index (χ2n) is 4.19. The summed E-state index contributed by atoms with van der Waals surface area (Å²) < 4.78 is 0. The van der Waals surface area contributed by atoms with E-state index in [2.05, 4.69) is 17.0 Å². The second kappa shape index (κ2) is 6.54. The Hall–Kier alpha value is -3.14. The van der Waals surface area contributed by atoms with E-state index in [9.17, 15) is 15.6 Å². The molecule has 0 aliphatic carbocycles. The van der Waals surface area contributed by atoms with Gasteiger partial charge in [-0.3, -0.25) is 0 Å². The smallest absolute Gasteiger partial charge is 0.143 e. The Balaban J connectivity index is 2.77. The number of aromatic hydroxyl groups is 1. The maximum atomic E-state index is 9.47. The van der Waals surface area contributed by atoms with Crippen molar-refractivity contribution in [2.24, 2.45) is 0 Å². The molecule has 2 aromatic rings. The molecule has 5 nitrogen and oxygen atoms in total. The summed E-state index contributed by atoms with van der Waals surface area (Å²) in [5.74, 6) is 2.93. The van der Waals surface area contributed by atoms with Gasteiger partial charge in [-0.15, -0.1) is 6.42 Å². The second-order valence-corrected chi connectivity index (χ2v) is 5.15. The first-order chi connectivity index (χ1) is 10.6. The van der Waals surface area contributed by atoms with E-state index in [1.54, 1.807) is 12.1 Å². The van der Waals surface area contributed by atoms with Crippen LogP contribution in [0.3, 0.4) is 0 Å². The summed E-state index contributed by atoms with van der Waals surface area (Å²) in [6.07, 6.45) is 5.23. The molecule has 0 bridgehead atoms. The highest BCUT2D eigenvalue weighted by Crippen LogP contribution is 2.35. The van der Waals surface area contributed by atoms with E-state index in [1.807, 2.05) is 6.07 Å². The van der Waals surface area contributed by atoms with Crippen LogP contribution in [0.2, 0.25) is 0 Å². The lowest BCUT2D eigenvalue weighted by Gasteiger charge is -2.12. The fourth-order valence-corrected chi connectivity index (χ4v) is 2.60. The highest BCUT2D eigenvalue weighted by atomic mass is 32.2. The van der Waals surface area contributed by atoms with Gasteiger partial charge in [-0.1, -0.05) is 29.8 Å². The van der Waals surface area contributed by atoms with Crippen molar-refractivity contribution in [2.45, 2.75) is 5.03 Å².